The van der Waals surface area contributed by atoms with E-state index in [9.17, 15) is 0 Å². The summed E-state index contributed by atoms with van der Waals surface area (Å²) in [5.74, 6) is 0.450. The Morgan fingerprint density at radius 2 is 1.11 bits per heavy atom. The van der Waals surface area contributed by atoms with Gasteiger partial charge in [-0.1, -0.05) is 97.4 Å². The summed E-state index contributed by atoms with van der Waals surface area (Å²) in [6.45, 7) is 0. The molecule has 3 aromatic rings. The highest BCUT2D eigenvalue weighted by Crippen LogP contribution is 2.44. The Hall–Kier alpha value is -2.42. The predicted octanol–water partition coefficient (Wildman–Crippen LogP) is 5.77. The Kier molecular flexibility index (Phi) is 5.38. The number of ether oxygens (including phenoxy) is 2. The molecule has 4 rings (SSSR count). The van der Waals surface area contributed by atoms with Crippen molar-refractivity contribution in [3.63, 3.8) is 0 Å². The van der Waals surface area contributed by atoms with Crippen LogP contribution in [0.15, 0.2) is 91.0 Å². The van der Waals surface area contributed by atoms with Crippen LogP contribution in [-0.2, 0) is 15.1 Å². The normalized spacial score (nSPS) is 15.9. The highest BCUT2D eigenvalue weighted by atomic mass is 16.7. The lowest BCUT2D eigenvalue weighted by Crippen LogP contribution is -2.42. The molecule has 1 unspecified atom stereocenters. The van der Waals surface area contributed by atoms with Gasteiger partial charge in [0.25, 0.3) is 0 Å². The Balaban J connectivity index is 1.91. The number of hydrogen-bond donors (Lipinski definition) is 0. The summed E-state index contributed by atoms with van der Waals surface area (Å²) in [6.07, 6.45) is 3.34. The van der Waals surface area contributed by atoms with E-state index in [0.29, 0.717) is 5.92 Å². The number of hydrogen-bond acceptors (Lipinski definition) is 2. The van der Waals surface area contributed by atoms with Crippen molar-refractivity contribution < 1.29 is 9.47 Å². The molecular weight excluding hydrogens is 332 g/mol. The quantitative estimate of drug-likeness (QED) is 0.394. The molecule has 2 heteroatoms. The van der Waals surface area contributed by atoms with E-state index in [0.717, 1.165) is 29.5 Å². The Morgan fingerprint density at radius 3 is 1.41 bits per heavy atom. The van der Waals surface area contributed by atoms with Crippen molar-refractivity contribution in [1.29, 1.82) is 0 Å². The molecule has 138 valence electrons. The summed E-state index contributed by atoms with van der Waals surface area (Å²) < 4.78 is 12.8. The minimum atomic E-state index is -0.708. The summed E-state index contributed by atoms with van der Waals surface area (Å²) in [6, 6.07) is 31.5. The van der Waals surface area contributed by atoms with Gasteiger partial charge in [0, 0.05) is 13.0 Å². The topological polar surface area (TPSA) is 18.5 Å². The van der Waals surface area contributed by atoms with Gasteiger partial charge >= 0.3 is 0 Å². The fraction of sp³-hybridized carbons (Fsp3) is 0.280. The van der Waals surface area contributed by atoms with Crippen LogP contribution in [0.1, 0.15) is 36.0 Å². The maximum atomic E-state index is 6.93. The van der Waals surface area contributed by atoms with E-state index < -0.39 is 5.60 Å². The molecule has 0 amide bonds. The maximum Gasteiger partial charge on any atom is 0.162 e. The molecule has 1 atom stereocenters. The molecule has 3 aromatic carbocycles. The van der Waals surface area contributed by atoms with Crippen LogP contribution in [-0.4, -0.2) is 13.4 Å². The molecule has 2 nitrogen and oxygen atoms in total. The van der Waals surface area contributed by atoms with Crippen LogP contribution in [0, 0.1) is 5.92 Å². The second-order valence-electron chi connectivity index (χ2n) is 7.19. The average Bonchev–Trinajstić information content (AvgIpc) is 2.71. The van der Waals surface area contributed by atoms with Gasteiger partial charge in [-0.3, -0.25) is 0 Å². The molecule has 0 aliphatic heterocycles. The lowest BCUT2D eigenvalue weighted by Gasteiger charge is -2.42. The van der Waals surface area contributed by atoms with Gasteiger partial charge in [-0.15, -0.1) is 0 Å². The van der Waals surface area contributed by atoms with E-state index in [1.54, 1.807) is 7.11 Å². The van der Waals surface area contributed by atoms with Gasteiger partial charge in [-0.05, 0) is 29.5 Å². The van der Waals surface area contributed by atoms with Crippen molar-refractivity contribution in [2.45, 2.75) is 31.2 Å². The highest BCUT2D eigenvalue weighted by Gasteiger charge is 2.42. The van der Waals surface area contributed by atoms with E-state index >= 15 is 0 Å². The van der Waals surface area contributed by atoms with Gasteiger partial charge in [0.2, 0.25) is 0 Å². The fourth-order valence-electron chi connectivity index (χ4n) is 3.95. The summed E-state index contributed by atoms with van der Waals surface area (Å²) in [4.78, 5) is 0. The Bertz CT molecular complexity index is 729. The monoisotopic (exact) mass is 358 g/mol. The molecule has 0 heterocycles. The van der Waals surface area contributed by atoms with Crippen LogP contribution < -0.4 is 0 Å². The van der Waals surface area contributed by atoms with Gasteiger partial charge in [-0.2, -0.15) is 0 Å². The zero-order chi connectivity index (χ0) is 18.5. The standard InChI is InChI=1S/C25H26O2/c1-26-24(20-12-11-13-20)27-25(21-14-5-2-6-15-21,22-16-7-3-8-17-22)23-18-9-4-10-19-23/h2-10,14-20,24H,11-13H2,1H3. The Morgan fingerprint density at radius 1 is 0.704 bits per heavy atom. The molecule has 1 saturated carbocycles. The van der Waals surface area contributed by atoms with E-state index in [1.807, 2.05) is 18.2 Å². The molecule has 27 heavy (non-hydrogen) atoms. The lowest BCUT2D eigenvalue weighted by molar-refractivity contribution is -0.214. The van der Waals surface area contributed by atoms with Crippen molar-refractivity contribution in [1.82, 2.24) is 0 Å². The second kappa shape index (κ2) is 8.08. The first-order chi connectivity index (χ1) is 13.3. The number of rotatable bonds is 7. The summed E-state index contributed by atoms with van der Waals surface area (Å²) in [7, 11) is 1.76. The first kappa shape index (κ1) is 18.0. The number of methoxy groups -OCH3 is 1. The summed E-state index contributed by atoms with van der Waals surface area (Å²) >= 11 is 0. The smallest absolute Gasteiger partial charge is 0.162 e. The zero-order valence-electron chi connectivity index (χ0n) is 15.8. The fourth-order valence-corrected chi connectivity index (χ4v) is 3.95. The molecule has 0 radical (unpaired) electrons. The van der Waals surface area contributed by atoms with Crippen LogP contribution in [0.2, 0.25) is 0 Å². The third-order valence-electron chi connectivity index (χ3n) is 5.60. The van der Waals surface area contributed by atoms with Gasteiger partial charge in [0.1, 0.15) is 5.60 Å². The van der Waals surface area contributed by atoms with Gasteiger partial charge in [0.15, 0.2) is 6.29 Å². The van der Waals surface area contributed by atoms with Crippen LogP contribution in [0.4, 0.5) is 0 Å². The minimum absolute atomic E-state index is 0.237. The van der Waals surface area contributed by atoms with E-state index in [1.165, 1.54) is 6.42 Å². The third-order valence-corrected chi connectivity index (χ3v) is 5.60. The molecule has 1 aliphatic carbocycles. The molecule has 0 aromatic heterocycles. The molecule has 0 N–H and O–H groups in total. The summed E-state index contributed by atoms with van der Waals surface area (Å²) in [5.41, 5.74) is 2.64. The first-order valence-corrected chi connectivity index (χ1v) is 9.72. The van der Waals surface area contributed by atoms with Crippen molar-refractivity contribution in [2.75, 3.05) is 7.11 Å². The third kappa shape index (κ3) is 3.43. The zero-order valence-corrected chi connectivity index (χ0v) is 15.8. The van der Waals surface area contributed by atoms with Crippen LogP contribution >= 0.6 is 0 Å². The largest absolute Gasteiger partial charge is 0.356 e. The van der Waals surface area contributed by atoms with E-state index in [2.05, 4.69) is 72.8 Å². The molecular formula is C25H26O2. The highest BCUT2D eigenvalue weighted by molar-refractivity contribution is 5.47. The average molecular weight is 358 g/mol. The van der Waals surface area contributed by atoms with E-state index in [4.69, 9.17) is 9.47 Å². The maximum absolute atomic E-state index is 6.93. The molecule has 0 spiro atoms. The lowest BCUT2D eigenvalue weighted by atomic mass is 9.79. The van der Waals surface area contributed by atoms with Gasteiger partial charge < -0.3 is 9.47 Å². The van der Waals surface area contributed by atoms with Crippen LogP contribution in [0.3, 0.4) is 0 Å². The van der Waals surface area contributed by atoms with Gasteiger partial charge in [0.05, 0.1) is 0 Å². The molecule has 0 bridgehead atoms. The molecule has 0 saturated heterocycles. The van der Waals surface area contributed by atoms with Crippen LogP contribution in [0.25, 0.3) is 0 Å². The number of benzene rings is 3. The summed E-state index contributed by atoms with van der Waals surface area (Å²) in [5, 5.41) is 0. The predicted molar refractivity (Wildman–Crippen MR) is 108 cm³/mol. The van der Waals surface area contributed by atoms with Crippen molar-refractivity contribution in [2.24, 2.45) is 5.92 Å². The van der Waals surface area contributed by atoms with Gasteiger partial charge in [-0.25, -0.2) is 0 Å². The molecule has 1 aliphatic rings. The molecule has 1 fully saturated rings. The SMILES string of the molecule is COC(OC(c1ccccc1)(c1ccccc1)c1ccccc1)C1CCC1. The van der Waals surface area contributed by atoms with Crippen LogP contribution in [0.5, 0.6) is 0 Å². The van der Waals surface area contributed by atoms with E-state index in [-0.39, 0.29) is 6.29 Å². The first-order valence-electron chi connectivity index (χ1n) is 9.72. The minimum Gasteiger partial charge on any atom is -0.356 e. The van der Waals surface area contributed by atoms with Crippen molar-refractivity contribution >= 4 is 0 Å². The van der Waals surface area contributed by atoms with Crippen molar-refractivity contribution in [3.05, 3.63) is 108 Å². The Labute approximate surface area is 161 Å². The second-order valence-corrected chi connectivity index (χ2v) is 7.19. The van der Waals surface area contributed by atoms with Crippen molar-refractivity contribution in [3.8, 4) is 0 Å².